The summed E-state index contributed by atoms with van der Waals surface area (Å²) in [6.07, 6.45) is 3.66. The van der Waals surface area contributed by atoms with Gasteiger partial charge in [0, 0.05) is 23.8 Å². The third kappa shape index (κ3) is 6.04. The Bertz CT molecular complexity index is 921. The molecule has 0 fully saturated rings. The first-order valence-electron chi connectivity index (χ1n) is 9.78. The zero-order valence-electron chi connectivity index (χ0n) is 17.0. The van der Waals surface area contributed by atoms with Gasteiger partial charge in [-0.25, -0.2) is 9.18 Å². The van der Waals surface area contributed by atoms with Crippen molar-refractivity contribution < 1.29 is 13.9 Å². The van der Waals surface area contributed by atoms with E-state index in [0.717, 1.165) is 23.4 Å². The predicted octanol–water partition coefficient (Wildman–Crippen LogP) is 5.68. The van der Waals surface area contributed by atoms with Crippen LogP contribution in [0.5, 0.6) is 0 Å². The van der Waals surface area contributed by atoms with Gasteiger partial charge in [-0.3, -0.25) is 4.98 Å². The number of carbonyl (C=O) groups excluding carboxylic acids is 1. The number of hydrogen-bond donors (Lipinski definition) is 0. The molecule has 2 heterocycles. The Hall–Kier alpha value is -2.40. The molecule has 1 aliphatic rings. The number of aryl methyl sites for hydroxylation is 2. The molecule has 6 heteroatoms. The van der Waals surface area contributed by atoms with E-state index in [9.17, 15) is 9.18 Å². The largest absolute Gasteiger partial charge is 0.444 e. The van der Waals surface area contributed by atoms with Crippen LogP contribution in [-0.4, -0.2) is 34.7 Å². The van der Waals surface area contributed by atoms with Crippen molar-refractivity contribution in [2.45, 2.75) is 45.6 Å². The van der Waals surface area contributed by atoms with Crippen molar-refractivity contribution in [3.8, 4) is 0 Å². The molecule has 0 N–H and O–H groups in total. The Morgan fingerprint density at radius 3 is 2.69 bits per heavy atom. The number of halogens is 2. The van der Waals surface area contributed by atoms with Crippen LogP contribution in [0.2, 0.25) is 5.02 Å². The van der Waals surface area contributed by atoms with Gasteiger partial charge in [-0.15, -0.1) is 0 Å². The van der Waals surface area contributed by atoms with E-state index in [4.69, 9.17) is 21.3 Å². The van der Waals surface area contributed by atoms with Crippen LogP contribution in [-0.2, 0) is 17.6 Å². The van der Waals surface area contributed by atoms with Crippen molar-refractivity contribution in [2.24, 2.45) is 0 Å². The summed E-state index contributed by atoms with van der Waals surface area (Å²) in [6.45, 7) is 6.69. The second-order valence-corrected chi connectivity index (χ2v) is 8.59. The second-order valence-electron chi connectivity index (χ2n) is 8.16. The van der Waals surface area contributed by atoms with E-state index in [-0.39, 0.29) is 11.9 Å². The lowest BCUT2D eigenvalue weighted by Gasteiger charge is -2.29. The van der Waals surface area contributed by atoms with Gasteiger partial charge >= 0.3 is 6.09 Å². The first kappa shape index (κ1) is 21.3. The van der Waals surface area contributed by atoms with Crippen molar-refractivity contribution in [3.63, 3.8) is 0 Å². The van der Waals surface area contributed by atoms with Gasteiger partial charge < -0.3 is 9.64 Å². The highest BCUT2D eigenvalue weighted by molar-refractivity contribution is 6.30. The molecule has 4 nitrogen and oxygen atoms in total. The zero-order chi connectivity index (χ0) is 21.0. The summed E-state index contributed by atoms with van der Waals surface area (Å²) in [5.41, 5.74) is 3.06. The van der Waals surface area contributed by atoms with Crippen molar-refractivity contribution in [1.82, 2.24) is 9.88 Å². The molecule has 2 aromatic rings. The average Bonchev–Trinajstić information content (AvgIpc) is 2.66. The smallest absolute Gasteiger partial charge is 0.410 e. The molecule has 0 saturated heterocycles. The number of amides is 1. The first-order valence-corrected chi connectivity index (χ1v) is 10.2. The molecule has 0 spiro atoms. The monoisotopic (exact) mass is 416 g/mol. The van der Waals surface area contributed by atoms with Crippen molar-refractivity contribution in [2.75, 3.05) is 13.1 Å². The minimum Gasteiger partial charge on any atom is -0.444 e. The molecule has 1 aliphatic heterocycles. The van der Waals surface area contributed by atoms with Gasteiger partial charge in [0.2, 0.25) is 0 Å². The molecular formula is C23H26ClFN2O2. The topological polar surface area (TPSA) is 42.4 Å². The van der Waals surface area contributed by atoms with Crippen LogP contribution in [0.4, 0.5) is 9.18 Å². The molecule has 0 atom stereocenters. The van der Waals surface area contributed by atoms with Crippen LogP contribution < -0.4 is 0 Å². The fourth-order valence-electron chi connectivity index (χ4n) is 3.18. The third-order valence-corrected chi connectivity index (χ3v) is 4.90. The fraction of sp³-hybridized carbons (Fsp3) is 0.391. The zero-order valence-corrected chi connectivity index (χ0v) is 17.8. The van der Waals surface area contributed by atoms with Crippen LogP contribution in [0.25, 0.3) is 5.57 Å². The van der Waals surface area contributed by atoms with Gasteiger partial charge in [0.05, 0.1) is 5.69 Å². The summed E-state index contributed by atoms with van der Waals surface area (Å²) >= 11 is 5.81. The Balaban J connectivity index is 1.63. The summed E-state index contributed by atoms with van der Waals surface area (Å²) in [4.78, 5) is 18.6. The van der Waals surface area contributed by atoms with E-state index < -0.39 is 5.60 Å². The number of rotatable bonds is 4. The van der Waals surface area contributed by atoms with Crippen LogP contribution in [0.1, 0.15) is 44.1 Å². The Labute approximate surface area is 176 Å². The summed E-state index contributed by atoms with van der Waals surface area (Å²) < 4.78 is 19.4. The Kier molecular flexibility index (Phi) is 6.58. The molecule has 0 saturated carbocycles. The van der Waals surface area contributed by atoms with Crippen LogP contribution >= 0.6 is 11.6 Å². The molecular weight excluding hydrogens is 391 g/mol. The molecule has 1 amide bonds. The van der Waals surface area contributed by atoms with Crippen LogP contribution in [0.15, 0.2) is 42.5 Å². The maximum Gasteiger partial charge on any atom is 0.410 e. The molecule has 0 radical (unpaired) electrons. The van der Waals surface area contributed by atoms with E-state index in [1.807, 2.05) is 45.0 Å². The molecule has 0 unspecified atom stereocenters. The molecule has 1 aromatic carbocycles. The highest BCUT2D eigenvalue weighted by Gasteiger charge is 2.24. The van der Waals surface area contributed by atoms with Gasteiger partial charge in [-0.1, -0.05) is 29.8 Å². The maximum absolute atomic E-state index is 14.0. The average molecular weight is 417 g/mol. The first-order chi connectivity index (χ1) is 13.7. The number of carbonyl (C=O) groups is 1. The lowest BCUT2D eigenvalue weighted by atomic mass is 10.0. The highest BCUT2D eigenvalue weighted by atomic mass is 35.5. The molecule has 1 aromatic heterocycles. The Morgan fingerprint density at radius 1 is 1.24 bits per heavy atom. The number of benzene rings is 1. The van der Waals surface area contributed by atoms with E-state index in [2.05, 4.69) is 0 Å². The van der Waals surface area contributed by atoms with Crippen LogP contribution in [0.3, 0.4) is 0 Å². The lowest BCUT2D eigenvalue weighted by molar-refractivity contribution is 0.0270. The SMILES string of the molecule is CC(C)(C)OC(=O)N1CC=C(c2cccc(CCc3ccc(Cl)cc3F)n2)CC1. The van der Waals surface area contributed by atoms with Crippen molar-refractivity contribution >= 4 is 23.3 Å². The molecule has 154 valence electrons. The summed E-state index contributed by atoms with van der Waals surface area (Å²) in [5.74, 6) is -0.286. The predicted molar refractivity (Wildman–Crippen MR) is 113 cm³/mol. The van der Waals surface area contributed by atoms with E-state index >= 15 is 0 Å². The molecule has 3 rings (SSSR count). The van der Waals surface area contributed by atoms with Crippen molar-refractivity contribution in [3.05, 3.63) is 70.3 Å². The summed E-state index contributed by atoms with van der Waals surface area (Å²) in [5, 5.41) is 0.399. The molecule has 0 aliphatic carbocycles. The summed E-state index contributed by atoms with van der Waals surface area (Å²) in [6, 6.07) is 10.7. The molecule has 29 heavy (non-hydrogen) atoms. The van der Waals surface area contributed by atoms with Gasteiger partial charge in [-0.05, 0) is 75.4 Å². The van der Waals surface area contributed by atoms with Crippen molar-refractivity contribution in [1.29, 1.82) is 0 Å². The number of pyridine rings is 1. The van der Waals surface area contributed by atoms with E-state index in [0.29, 0.717) is 36.5 Å². The van der Waals surface area contributed by atoms with Gasteiger partial charge in [0.15, 0.2) is 0 Å². The summed E-state index contributed by atoms with van der Waals surface area (Å²) in [7, 11) is 0. The maximum atomic E-state index is 14.0. The van der Waals surface area contributed by atoms with Crippen LogP contribution in [0, 0.1) is 5.82 Å². The number of hydrogen-bond acceptors (Lipinski definition) is 3. The normalized spacial score (nSPS) is 14.5. The Morgan fingerprint density at radius 2 is 2.03 bits per heavy atom. The third-order valence-electron chi connectivity index (χ3n) is 4.66. The number of nitrogens with zero attached hydrogens (tertiary/aromatic N) is 2. The quantitative estimate of drug-likeness (QED) is 0.643. The van der Waals surface area contributed by atoms with Gasteiger partial charge in [-0.2, -0.15) is 0 Å². The second kappa shape index (κ2) is 8.95. The molecule has 0 bridgehead atoms. The van der Waals surface area contributed by atoms with E-state index in [1.165, 1.54) is 6.07 Å². The minimum atomic E-state index is -0.499. The lowest BCUT2D eigenvalue weighted by Crippen LogP contribution is -2.39. The van der Waals surface area contributed by atoms with Gasteiger partial charge in [0.25, 0.3) is 0 Å². The van der Waals surface area contributed by atoms with E-state index in [1.54, 1.807) is 17.0 Å². The number of ether oxygens (including phenoxy) is 1. The fourth-order valence-corrected chi connectivity index (χ4v) is 3.34. The number of aromatic nitrogens is 1. The van der Waals surface area contributed by atoms with Gasteiger partial charge in [0.1, 0.15) is 11.4 Å². The highest BCUT2D eigenvalue weighted by Crippen LogP contribution is 2.23. The minimum absolute atomic E-state index is 0.286. The standard InChI is InChI=1S/C23H26ClFN2O2/c1-23(2,3)29-22(28)27-13-11-17(12-14-27)21-6-4-5-19(26-21)10-8-16-7-9-18(24)15-20(16)25/h4-7,9,11,15H,8,10,12-14H2,1-3H3.